The summed E-state index contributed by atoms with van der Waals surface area (Å²) >= 11 is 0. The molecule has 0 aliphatic heterocycles. The van der Waals surface area contributed by atoms with Crippen molar-refractivity contribution in [3.05, 3.63) is 41.1 Å². The molecule has 2 rings (SSSR count). The summed E-state index contributed by atoms with van der Waals surface area (Å²) in [7, 11) is 0. The van der Waals surface area contributed by atoms with Crippen LogP contribution in [0.15, 0.2) is 22.6 Å². The van der Waals surface area contributed by atoms with E-state index in [2.05, 4.69) is 10.3 Å². The summed E-state index contributed by atoms with van der Waals surface area (Å²) in [6.45, 7) is 4.24. The largest absolute Gasteiger partial charge is 0.444 e. The first-order valence-electron chi connectivity index (χ1n) is 5.56. The van der Waals surface area contributed by atoms with Crippen molar-refractivity contribution in [2.24, 2.45) is 0 Å². The van der Waals surface area contributed by atoms with Crippen molar-refractivity contribution in [2.45, 2.75) is 20.4 Å². The molecule has 5 nitrogen and oxygen atoms in total. The summed E-state index contributed by atoms with van der Waals surface area (Å²) in [4.78, 5) is 4.27. The lowest BCUT2D eigenvalue weighted by molar-refractivity contribution is 0.478. The maximum Gasteiger partial charge on any atom is 0.213 e. The van der Waals surface area contributed by atoms with E-state index in [4.69, 9.17) is 15.4 Å². The van der Waals surface area contributed by atoms with Gasteiger partial charge in [0.25, 0.3) is 0 Å². The number of aryl methyl sites for hydroxylation is 2. The molecule has 0 unspecified atom stereocenters. The predicted molar refractivity (Wildman–Crippen MR) is 68.9 cm³/mol. The molecule has 0 saturated heterocycles. The number of nitrogens with one attached hydrogen (secondary N) is 1. The number of nitriles is 1. The highest BCUT2D eigenvalue weighted by molar-refractivity contribution is 5.68. The molecule has 1 heterocycles. The minimum Gasteiger partial charge on any atom is -0.444 e. The monoisotopic (exact) mass is 242 g/mol. The van der Waals surface area contributed by atoms with Gasteiger partial charge in [0.15, 0.2) is 0 Å². The van der Waals surface area contributed by atoms with Crippen LogP contribution in [0.2, 0.25) is 0 Å². The van der Waals surface area contributed by atoms with Crippen LogP contribution in [-0.4, -0.2) is 4.98 Å². The van der Waals surface area contributed by atoms with E-state index in [9.17, 15) is 0 Å². The third kappa shape index (κ3) is 2.43. The molecular weight excluding hydrogens is 228 g/mol. The van der Waals surface area contributed by atoms with Crippen molar-refractivity contribution in [3.8, 4) is 6.07 Å². The van der Waals surface area contributed by atoms with Crippen molar-refractivity contribution in [1.29, 1.82) is 5.26 Å². The van der Waals surface area contributed by atoms with E-state index in [1.54, 1.807) is 18.2 Å². The first-order chi connectivity index (χ1) is 8.60. The maximum absolute atomic E-state index is 8.74. The first kappa shape index (κ1) is 12.0. The fourth-order valence-electron chi connectivity index (χ4n) is 1.58. The van der Waals surface area contributed by atoms with E-state index in [1.165, 1.54) is 0 Å². The molecule has 2 aromatic rings. The van der Waals surface area contributed by atoms with Gasteiger partial charge in [-0.3, -0.25) is 0 Å². The van der Waals surface area contributed by atoms with Gasteiger partial charge in [0, 0.05) is 0 Å². The topological polar surface area (TPSA) is 87.9 Å². The molecule has 0 bridgehead atoms. The third-order valence-corrected chi connectivity index (χ3v) is 2.68. The number of aromatic nitrogens is 1. The molecular formula is C13H14N4O. The second-order valence-electron chi connectivity index (χ2n) is 4.02. The second kappa shape index (κ2) is 4.80. The molecule has 0 atom stereocenters. The number of rotatable bonds is 3. The van der Waals surface area contributed by atoms with Gasteiger partial charge in [-0.25, -0.2) is 4.98 Å². The molecule has 0 spiro atoms. The highest BCUT2D eigenvalue weighted by Gasteiger charge is 2.06. The van der Waals surface area contributed by atoms with E-state index in [0.29, 0.717) is 23.7 Å². The quantitative estimate of drug-likeness (QED) is 0.806. The van der Waals surface area contributed by atoms with Crippen molar-refractivity contribution in [3.63, 3.8) is 0 Å². The molecule has 0 radical (unpaired) electrons. The van der Waals surface area contributed by atoms with Gasteiger partial charge >= 0.3 is 0 Å². The van der Waals surface area contributed by atoms with Crippen LogP contribution in [0.5, 0.6) is 0 Å². The predicted octanol–water partition coefficient (Wildman–Crippen LogP) is 2.36. The van der Waals surface area contributed by atoms with Crippen molar-refractivity contribution < 1.29 is 4.42 Å². The van der Waals surface area contributed by atoms with Gasteiger partial charge in [0.05, 0.1) is 35.2 Å². The molecule has 1 aromatic carbocycles. The van der Waals surface area contributed by atoms with Crippen LogP contribution < -0.4 is 11.1 Å². The summed E-state index contributed by atoms with van der Waals surface area (Å²) in [6.07, 6.45) is 0. The Morgan fingerprint density at radius 1 is 1.44 bits per heavy atom. The highest BCUT2D eigenvalue weighted by atomic mass is 16.4. The zero-order valence-electron chi connectivity index (χ0n) is 10.3. The number of nitrogens with zero attached hydrogens (tertiary/aromatic N) is 2. The summed E-state index contributed by atoms with van der Waals surface area (Å²) in [5.74, 6) is 1.44. The average Bonchev–Trinajstić information content (AvgIpc) is 2.67. The van der Waals surface area contributed by atoms with Crippen LogP contribution in [0.4, 0.5) is 11.4 Å². The molecule has 18 heavy (non-hydrogen) atoms. The van der Waals surface area contributed by atoms with Gasteiger partial charge in [-0.15, -0.1) is 0 Å². The van der Waals surface area contributed by atoms with E-state index in [0.717, 1.165) is 17.1 Å². The fraction of sp³-hybridized carbons (Fsp3) is 0.231. The third-order valence-electron chi connectivity index (χ3n) is 2.68. The number of oxazole rings is 1. The lowest BCUT2D eigenvalue weighted by Gasteiger charge is -2.07. The number of nitrogens with two attached hydrogens (primary N) is 1. The average molecular weight is 242 g/mol. The Hall–Kier alpha value is -2.48. The zero-order valence-corrected chi connectivity index (χ0v) is 10.3. The molecule has 0 amide bonds. The number of hydrogen-bond acceptors (Lipinski definition) is 5. The number of hydrogen-bond donors (Lipinski definition) is 2. The molecule has 0 fully saturated rings. The summed E-state index contributed by atoms with van der Waals surface area (Å²) < 4.78 is 5.45. The summed E-state index contributed by atoms with van der Waals surface area (Å²) in [5.41, 5.74) is 8.56. The number of anilines is 2. The standard InChI is InChI=1S/C13H14N4O/c1-8-9(2)18-13(17-8)7-16-12-4-3-10(6-14)5-11(12)15/h3-5,16H,7,15H2,1-2H3. The Kier molecular flexibility index (Phi) is 3.20. The molecule has 0 saturated carbocycles. The minimum atomic E-state index is 0.463. The number of nitrogen functional groups attached to an aromatic ring is 1. The first-order valence-corrected chi connectivity index (χ1v) is 5.56. The Morgan fingerprint density at radius 2 is 2.22 bits per heavy atom. The van der Waals surface area contributed by atoms with Gasteiger partial charge in [0.2, 0.25) is 5.89 Å². The summed E-state index contributed by atoms with van der Waals surface area (Å²) in [6, 6.07) is 7.16. The van der Waals surface area contributed by atoms with Crippen LogP contribution in [0.25, 0.3) is 0 Å². The SMILES string of the molecule is Cc1nc(CNc2ccc(C#N)cc2N)oc1C. The molecule has 3 N–H and O–H groups in total. The summed E-state index contributed by atoms with van der Waals surface area (Å²) in [5, 5.41) is 11.9. The van der Waals surface area contributed by atoms with Crippen LogP contribution >= 0.6 is 0 Å². The van der Waals surface area contributed by atoms with Crippen LogP contribution in [-0.2, 0) is 6.54 Å². The molecule has 0 aliphatic rings. The normalized spacial score (nSPS) is 10.1. The highest BCUT2D eigenvalue weighted by Crippen LogP contribution is 2.20. The lowest BCUT2D eigenvalue weighted by atomic mass is 10.2. The molecule has 5 heteroatoms. The molecule has 1 aromatic heterocycles. The smallest absolute Gasteiger partial charge is 0.213 e. The molecule has 0 aliphatic carbocycles. The lowest BCUT2D eigenvalue weighted by Crippen LogP contribution is -2.03. The fourth-order valence-corrected chi connectivity index (χ4v) is 1.58. The second-order valence-corrected chi connectivity index (χ2v) is 4.02. The van der Waals surface area contributed by atoms with Crippen molar-refractivity contribution in [2.75, 3.05) is 11.1 Å². The van der Waals surface area contributed by atoms with Crippen LogP contribution in [0.1, 0.15) is 22.9 Å². The zero-order chi connectivity index (χ0) is 13.1. The molecule has 92 valence electrons. The van der Waals surface area contributed by atoms with E-state index < -0.39 is 0 Å². The number of benzene rings is 1. The minimum absolute atomic E-state index is 0.463. The Bertz CT molecular complexity index is 590. The van der Waals surface area contributed by atoms with E-state index in [-0.39, 0.29) is 0 Å². The van der Waals surface area contributed by atoms with E-state index in [1.807, 2.05) is 19.9 Å². The Morgan fingerprint density at radius 3 is 2.78 bits per heavy atom. The van der Waals surface area contributed by atoms with Crippen LogP contribution in [0.3, 0.4) is 0 Å². The van der Waals surface area contributed by atoms with Gasteiger partial charge in [-0.2, -0.15) is 5.26 Å². The van der Waals surface area contributed by atoms with Gasteiger partial charge in [-0.05, 0) is 32.0 Å². The van der Waals surface area contributed by atoms with E-state index >= 15 is 0 Å². The van der Waals surface area contributed by atoms with Gasteiger partial charge < -0.3 is 15.5 Å². The van der Waals surface area contributed by atoms with Crippen molar-refractivity contribution >= 4 is 11.4 Å². The Labute approximate surface area is 105 Å². The Balaban J connectivity index is 2.09. The maximum atomic E-state index is 8.74. The van der Waals surface area contributed by atoms with Gasteiger partial charge in [0.1, 0.15) is 5.76 Å². The van der Waals surface area contributed by atoms with Gasteiger partial charge in [-0.1, -0.05) is 0 Å². The van der Waals surface area contributed by atoms with Crippen LogP contribution in [0, 0.1) is 25.2 Å². The van der Waals surface area contributed by atoms with Crippen molar-refractivity contribution in [1.82, 2.24) is 4.98 Å².